The standard InChI is InChI=1S/C23H24ClF3N4O4/c1-14-4-2-3-5-17(14)18(10-11-32)28-20(34)13-31-22(35)30(12-19(33)23(25,26)27)21(29-31)15-6-8-16(24)9-7-15/h2-9,18-19,32-33H,10-13H2,1H3,(H,28,34). The monoisotopic (exact) mass is 512 g/mol. The Bertz CT molecular complexity index is 1220. The Hall–Kier alpha value is -3.15. The molecule has 0 bridgehead atoms. The summed E-state index contributed by atoms with van der Waals surface area (Å²) in [6.45, 7) is -0.0348. The van der Waals surface area contributed by atoms with E-state index >= 15 is 0 Å². The lowest BCUT2D eigenvalue weighted by atomic mass is 9.99. The molecule has 8 nitrogen and oxygen atoms in total. The van der Waals surface area contributed by atoms with Gasteiger partial charge >= 0.3 is 11.9 Å². The highest BCUT2D eigenvalue weighted by Crippen LogP contribution is 2.24. The van der Waals surface area contributed by atoms with Gasteiger partial charge in [0.2, 0.25) is 5.91 Å². The van der Waals surface area contributed by atoms with Gasteiger partial charge in [-0.25, -0.2) is 9.48 Å². The number of hydrogen-bond acceptors (Lipinski definition) is 5. The quantitative estimate of drug-likeness (QED) is 0.408. The van der Waals surface area contributed by atoms with E-state index in [4.69, 9.17) is 11.6 Å². The molecule has 3 N–H and O–H groups in total. The van der Waals surface area contributed by atoms with E-state index in [0.29, 0.717) is 9.59 Å². The number of nitrogens with zero attached hydrogens (tertiary/aromatic N) is 3. The molecule has 2 unspecified atom stereocenters. The minimum absolute atomic E-state index is 0.159. The Labute approximate surface area is 203 Å². The first-order valence-electron chi connectivity index (χ1n) is 10.7. The molecular formula is C23H24ClF3N4O4. The van der Waals surface area contributed by atoms with Crippen LogP contribution in [0.2, 0.25) is 5.02 Å². The van der Waals surface area contributed by atoms with Crippen molar-refractivity contribution in [1.82, 2.24) is 19.7 Å². The van der Waals surface area contributed by atoms with Gasteiger partial charge in [-0.15, -0.1) is 5.10 Å². The van der Waals surface area contributed by atoms with Crippen LogP contribution in [0.15, 0.2) is 53.3 Å². The lowest BCUT2D eigenvalue weighted by Gasteiger charge is -2.20. The van der Waals surface area contributed by atoms with Crippen molar-refractivity contribution in [3.63, 3.8) is 0 Å². The number of rotatable bonds is 9. The summed E-state index contributed by atoms with van der Waals surface area (Å²) in [6.07, 6.45) is -7.55. The maximum Gasteiger partial charge on any atom is 0.416 e. The minimum atomic E-state index is -4.96. The Morgan fingerprint density at radius 3 is 2.43 bits per heavy atom. The number of amides is 1. The van der Waals surface area contributed by atoms with Crippen molar-refractivity contribution in [3.8, 4) is 11.4 Å². The molecule has 1 amide bonds. The van der Waals surface area contributed by atoms with Crippen molar-refractivity contribution in [2.75, 3.05) is 6.61 Å². The Balaban J connectivity index is 1.91. The van der Waals surface area contributed by atoms with E-state index in [1.807, 2.05) is 19.1 Å². The lowest BCUT2D eigenvalue weighted by molar-refractivity contribution is -0.207. The molecule has 1 aromatic heterocycles. The van der Waals surface area contributed by atoms with Gasteiger partial charge in [-0.2, -0.15) is 13.2 Å². The number of hydrogen-bond donors (Lipinski definition) is 3. The Morgan fingerprint density at radius 1 is 1.17 bits per heavy atom. The van der Waals surface area contributed by atoms with E-state index in [0.717, 1.165) is 15.8 Å². The molecule has 0 aliphatic carbocycles. The number of aliphatic hydroxyl groups is 2. The molecule has 2 atom stereocenters. The number of aliphatic hydroxyl groups excluding tert-OH is 2. The van der Waals surface area contributed by atoms with Crippen LogP contribution >= 0.6 is 11.6 Å². The van der Waals surface area contributed by atoms with Crippen LogP contribution in [0.1, 0.15) is 23.6 Å². The highest BCUT2D eigenvalue weighted by Gasteiger charge is 2.39. The van der Waals surface area contributed by atoms with Crippen LogP contribution in [0.25, 0.3) is 11.4 Å². The first-order valence-corrected chi connectivity index (χ1v) is 11.0. The molecule has 0 saturated heterocycles. The van der Waals surface area contributed by atoms with E-state index in [9.17, 15) is 33.0 Å². The minimum Gasteiger partial charge on any atom is -0.396 e. The van der Waals surface area contributed by atoms with Gasteiger partial charge in [-0.1, -0.05) is 35.9 Å². The maximum absolute atomic E-state index is 13.0. The molecule has 0 aliphatic heterocycles. The van der Waals surface area contributed by atoms with Crippen LogP contribution in [0.3, 0.4) is 0 Å². The second-order valence-electron chi connectivity index (χ2n) is 7.93. The van der Waals surface area contributed by atoms with Crippen molar-refractivity contribution in [3.05, 3.63) is 75.2 Å². The molecule has 3 rings (SSSR count). The summed E-state index contributed by atoms with van der Waals surface area (Å²) >= 11 is 5.87. The number of aryl methyl sites for hydroxylation is 1. The van der Waals surface area contributed by atoms with Gasteiger partial charge < -0.3 is 15.5 Å². The third-order valence-electron chi connectivity index (χ3n) is 5.37. The smallest absolute Gasteiger partial charge is 0.396 e. The van der Waals surface area contributed by atoms with Crippen molar-refractivity contribution >= 4 is 17.5 Å². The van der Waals surface area contributed by atoms with Crippen molar-refractivity contribution in [1.29, 1.82) is 0 Å². The summed E-state index contributed by atoms with van der Waals surface area (Å²) < 4.78 is 40.4. The predicted octanol–water partition coefficient (Wildman–Crippen LogP) is 2.84. The fourth-order valence-corrected chi connectivity index (χ4v) is 3.71. The lowest BCUT2D eigenvalue weighted by Crippen LogP contribution is -2.39. The molecule has 0 fully saturated rings. The number of benzene rings is 2. The third kappa shape index (κ3) is 6.50. The molecule has 3 aromatic rings. The highest BCUT2D eigenvalue weighted by atomic mass is 35.5. The van der Waals surface area contributed by atoms with Gasteiger partial charge in [0, 0.05) is 17.2 Å². The molecule has 188 valence electrons. The number of halogens is 4. The molecule has 0 aliphatic rings. The second-order valence-corrected chi connectivity index (χ2v) is 8.36. The average molecular weight is 513 g/mol. The van der Waals surface area contributed by atoms with Gasteiger partial charge in [0.05, 0.1) is 12.6 Å². The fraction of sp³-hybridized carbons (Fsp3) is 0.348. The largest absolute Gasteiger partial charge is 0.416 e. The van der Waals surface area contributed by atoms with Gasteiger partial charge in [-0.05, 0) is 48.7 Å². The van der Waals surface area contributed by atoms with E-state index in [1.165, 1.54) is 24.3 Å². The Morgan fingerprint density at radius 2 is 1.83 bits per heavy atom. The first-order chi connectivity index (χ1) is 16.5. The zero-order chi connectivity index (χ0) is 25.8. The number of aromatic nitrogens is 3. The summed E-state index contributed by atoms with van der Waals surface area (Å²) in [5, 5.41) is 26.1. The van der Waals surface area contributed by atoms with Crippen LogP contribution in [0.4, 0.5) is 13.2 Å². The first kappa shape index (κ1) is 26.5. The normalized spacial score (nSPS) is 13.5. The molecule has 0 spiro atoms. The molecular weight excluding hydrogens is 489 g/mol. The van der Waals surface area contributed by atoms with E-state index in [1.54, 1.807) is 12.1 Å². The van der Waals surface area contributed by atoms with Crippen LogP contribution < -0.4 is 11.0 Å². The number of carbonyl (C=O) groups is 1. The zero-order valence-corrected chi connectivity index (χ0v) is 19.4. The summed E-state index contributed by atoms with van der Waals surface area (Å²) in [5.74, 6) is -0.786. The second kappa shape index (κ2) is 11.1. The van der Waals surface area contributed by atoms with Gasteiger partial charge in [-0.3, -0.25) is 9.36 Å². The van der Waals surface area contributed by atoms with Crippen molar-refractivity contribution < 1.29 is 28.2 Å². The average Bonchev–Trinajstić information content (AvgIpc) is 3.09. The maximum atomic E-state index is 13.0. The molecule has 2 aromatic carbocycles. The van der Waals surface area contributed by atoms with E-state index < -0.39 is 43.0 Å². The molecule has 1 heterocycles. The number of alkyl halides is 3. The molecule has 0 saturated carbocycles. The zero-order valence-electron chi connectivity index (χ0n) is 18.7. The molecule has 12 heteroatoms. The number of carbonyl (C=O) groups excluding carboxylic acids is 1. The van der Waals surface area contributed by atoms with Crippen molar-refractivity contribution in [2.24, 2.45) is 0 Å². The van der Waals surface area contributed by atoms with E-state index in [2.05, 4.69) is 10.4 Å². The van der Waals surface area contributed by atoms with Crippen LogP contribution in [-0.4, -0.2) is 49.4 Å². The van der Waals surface area contributed by atoms with Gasteiger partial charge in [0.1, 0.15) is 6.54 Å². The topological polar surface area (TPSA) is 109 Å². The fourth-order valence-electron chi connectivity index (χ4n) is 3.59. The molecule has 35 heavy (non-hydrogen) atoms. The summed E-state index contributed by atoms with van der Waals surface area (Å²) in [4.78, 5) is 25.7. The SMILES string of the molecule is Cc1ccccc1C(CCO)NC(=O)Cn1nc(-c2ccc(Cl)cc2)n(CC(O)C(F)(F)F)c1=O. The number of nitrogens with one attached hydrogen (secondary N) is 1. The predicted molar refractivity (Wildman–Crippen MR) is 123 cm³/mol. The third-order valence-corrected chi connectivity index (χ3v) is 5.62. The van der Waals surface area contributed by atoms with Crippen LogP contribution in [0.5, 0.6) is 0 Å². The highest BCUT2D eigenvalue weighted by molar-refractivity contribution is 6.30. The summed E-state index contributed by atoms with van der Waals surface area (Å²) in [6, 6.07) is 12.6. The van der Waals surface area contributed by atoms with Crippen LogP contribution in [-0.2, 0) is 17.9 Å². The summed E-state index contributed by atoms with van der Waals surface area (Å²) in [5.41, 5.74) is 0.947. The van der Waals surface area contributed by atoms with Crippen LogP contribution in [0, 0.1) is 6.92 Å². The van der Waals surface area contributed by atoms with Gasteiger partial charge in [0.25, 0.3) is 0 Å². The van der Waals surface area contributed by atoms with Crippen molar-refractivity contribution in [2.45, 2.75) is 44.8 Å². The van der Waals surface area contributed by atoms with Gasteiger partial charge in [0.15, 0.2) is 11.9 Å². The van der Waals surface area contributed by atoms with E-state index in [-0.39, 0.29) is 24.4 Å². The summed E-state index contributed by atoms with van der Waals surface area (Å²) in [7, 11) is 0. The molecule has 0 radical (unpaired) electrons. The Kier molecular flexibility index (Phi) is 8.36.